The molecule has 1 aliphatic rings. The lowest BCUT2D eigenvalue weighted by molar-refractivity contribution is 0.0820. The number of hydrogen-bond donors (Lipinski definition) is 1. The number of aryl methyl sites for hydroxylation is 2. The first-order valence-corrected chi connectivity index (χ1v) is 7.97. The molecule has 21 heavy (non-hydrogen) atoms. The summed E-state index contributed by atoms with van der Waals surface area (Å²) in [7, 11) is 1.88. The summed E-state index contributed by atoms with van der Waals surface area (Å²) in [6.45, 7) is 10.9. The maximum Gasteiger partial charge on any atom is 0.131 e. The highest BCUT2D eigenvalue weighted by Gasteiger charge is 2.32. The van der Waals surface area contributed by atoms with Gasteiger partial charge >= 0.3 is 0 Å². The topological polar surface area (TPSA) is 50.3 Å². The maximum atomic E-state index is 6.31. The lowest BCUT2D eigenvalue weighted by atomic mass is 10.0. The van der Waals surface area contributed by atoms with E-state index < -0.39 is 0 Å². The lowest BCUT2D eigenvalue weighted by Gasteiger charge is -2.43. The molecule has 2 N–H and O–H groups in total. The van der Waals surface area contributed by atoms with E-state index in [2.05, 4.69) is 28.7 Å². The van der Waals surface area contributed by atoms with Crippen molar-refractivity contribution in [3.05, 3.63) is 16.4 Å². The van der Waals surface area contributed by atoms with E-state index in [-0.39, 0.29) is 5.54 Å². The molecule has 0 saturated carbocycles. The molecule has 0 aromatic carbocycles. The normalized spacial score (nSPS) is 18.1. The van der Waals surface area contributed by atoms with Crippen molar-refractivity contribution in [3.63, 3.8) is 0 Å². The minimum Gasteiger partial charge on any atom is -0.392 e. The van der Waals surface area contributed by atoms with Gasteiger partial charge in [0.2, 0.25) is 0 Å². The van der Waals surface area contributed by atoms with Crippen molar-refractivity contribution < 1.29 is 0 Å². The predicted molar refractivity (Wildman–Crippen MR) is 90.7 cm³/mol. The van der Waals surface area contributed by atoms with Crippen LogP contribution in [-0.2, 0) is 13.6 Å². The Balaban J connectivity index is 1.97. The van der Waals surface area contributed by atoms with Crippen LogP contribution in [0.25, 0.3) is 0 Å². The van der Waals surface area contributed by atoms with Gasteiger partial charge in [0.1, 0.15) is 5.15 Å². The van der Waals surface area contributed by atoms with Crippen LogP contribution in [0.4, 0.5) is 0 Å². The van der Waals surface area contributed by atoms with Crippen LogP contribution in [0, 0.1) is 6.92 Å². The Morgan fingerprint density at radius 1 is 1.33 bits per heavy atom. The first-order valence-electron chi connectivity index (χ1n) is 7.18. The SMILES string of the molecule is Cc1nn(C)c(Cl)c1CN1CCN(C(C)(C)C(N)=S)CC1. The van der Waals surface area contributed by atoms with Crippen LogP contribution in [0.5, 0.6) is 0 Å². The second kappa shape index (κ2) is 6.20. The zero-order valence-electron chi connectivity index (χ0n) is 13.2. The van der Waals surface area contributed by atoms with Gasteiger partial charge in [-0.3, -0.25) is 14.5 Å². The maximum absolute atomic E-state index is 6.31. The van der Waals surface area contributed by atoms with E-state index in [4.69, 9.17) is 29.6 Å². The van der Waals surface area contributed by atoms with Crippen LogP contribution < -0.4 is 5.73 Å². The minimum atomic E-state index is -0.219. The van der Waals surface area contributed by atoms with Crippen molar-refractivity contribution in [3.8, 4) is 0 Å². The van der Waals surface area contributed by atoms with E-state index in [1.807, 2.05) is 14.0 Å². The third-order valence-electron chi connectivity index (χ3n) is 4.42. The highest BCUT2D eigenvalue weighted by molar-refractivity contribution is 7.80. The van der Waals surface area contributed by atoms with E-state index in [0.29, 0.717) is 4.99 Å². The summed E-state index contributed by atoms with van der Waals surface area (Å²) < 4.78 is 1.73. The Hall–Kier alpha value is -0.690. The Morgan fingerprint density at radius 2 is 1.90 bits per heavy atom. The largest absolute Gasteiger partial charge is 0.392 e. The molecule has 0 unspecified atom stereocenters. The molecule has 118 valence electrons. The van der Waals surface area contributed by atoms with Crippen molar-refractivity contribution in [1.29, 1.82) is 0 Å². The van der Waals surface area contributed by atoms with Gasteiger partial charge in [-0.25, -0.2) is 0 Å². The molecule has 1 saturated heterocycles. The van der Waals surface area contributed by atoms with Crippen LogP contribution in [-0.4, -0.2) is 56.3 Å². The number of halogens is 1. The van der Waals surface area contributed by atoms with Gasteiger partial charge in [0.25, 0.3) is 0 Å². The Kier molecular flexibility index (Phi) is 4.92. The average Bonchev–Trinajstić information content (AvgIpc) is 2.66. The monoisotopic (exact) mass is 329 g/mol. The van der Waals surface area contributed by atoms with Crippen molar-refractivity contribution in [1.82, 2.24) is 19.6 Å². The highest BCUT2D eigenvalue weighted by atomic mass is 35.5. The van der Waals surface area contributed by atoms with Gasteiger partial charge in [-0.15, -0.1) is 0 Å². The fourth-order valence-electron chi connectivity index (χ4n) is 2.70. The lowest BCUT2D eigenvalue weighted by Crippen LogP contribution is -2.59. The number of nitrogens with zero attached hydrogens (tertiary/aromatic N) is 4. The van der Waals surface area contributed by atoms with Crippen LogP contribution in [0.15, 0.2) is 0 Å². The summed E-state index contributed by atoms with van der Waals surface area (Å²) in [5.74, 6) is 0. The standard InChI is InChI=1S/C14H24ClN5S/c1-10-11(12(15)18(4)17-10)9-19-5-7-20(8-6-19)14(2,3)13(16)21/h5-9H2,1-4H3,(H2,16,21). The molecule has 5 nitrogen and oxygen atoms in total. The molecule has 2 rings (SSSR count). The zero-order chi connectivity index (χ0) is 15.8. The Bertz CT molecular complexity index is 532. The quantitative estimate of drug-likeness (QED) is 0.850. The van der Waals surface area contributed by atoms with Crippen molar-refractivity contribution in [2.75, 3.05) is 26.2 Å². The Labute approximate surface area is 137 Å². The van der Waals surface area contributed by atoms with Gasteiger partial charge < -0.3 is 5.73 Å². The number of nitrogens with two attached hydrogens (primary N) is 1. The van der Waals surface area contributed by atoms with E-state index in [0.717, 1.165) is 49.1 Å². The van der Waals surface area contributed by atoms with E-state index in [1.54, 1.807) is 4.68 Å². The van der Waals surface area contributed by atoms with Crippen LogP contribution >= 0.6 is 23.8 Å². The molecule has 1 aromatic heterocycles. The summed E-state index contributed by atoms with van der Waals surface area (Å²) in [6, 6.07) is 0. The predicted octanol–water partition coefficient (Wildman–Crippen LogP) is 1.56. The first kappa shape index (κ1) is 16.7. The molecule has 0 spiro atoms. The van der Waals surface area contributed by atoms with E-state index in [9.17, 15) is 0 Å². The van der Waals surface area contributed by atoms with Gasteiger partial charge in [0, 0.05) is 45.3 Å². The van der Waals surface area contributed by atoms with Gasteiger partial charge in [0.05, 0.1) is 16.2 Å². The van der Waals surface area contributed by atoms with Crippen LogP contribution in [0.2, 0.25) is 5.15 Å². The summed E-state index contributed by atoms with van der Waals surface area (Å²) in [6.07, 6.45) is 0. The number of aromatic nitrogens is 2. The molecule has 0 radical (unpaired) electrons. The van der Waals surface area contributed by atoms with Gasteiger partial charge in [-0.05, 0) is 20.8 Å². The molecule has 2 heterocycles. The third kappa shape index (κ3) is 3.39. The summed E-state index contributed by atoms with van der Waals surface area (Å²) >= 11 is 11.5. The van der Waals surface area contributed by atoms with E-state index >= 15 is 0 Å². The smallest absolute Gasteiger partial charge is 0.131 e. The molecule has 1 fully saturated rings. The second-order valence-electron chi connectivity index (χ2n) is 6.16. The van der Waals surface area contributed by atoms with Crippen LogP contribution in [0.3, 0.4) is 0 Å². The van der Waals surface area contributed by atoms with Crippen molar-refractivity contribution in [2.45, 2.75) is 32.9 Å². The van der Waals surface area contributed by atoms with Crippen molar-refractivity contribution >= 4 is 28.8 Å². The number of thiocarbonyl (C=S) groups is 1. The molecular weight excluding hydrogens is 306 g/mol. The van der Waals surface area contributed by atoms with Crippen LogP contribution in [0.1, 0.15) is 25.1 Å². The summed E-state index contributed by atoms with van der Waals surface area (Å²) in [4.78, 5) is 5.31. The molecular formula is C14H24ClN5S. The second-order valence-corrected chi connectivity index (χ2v) is 6.96. The highest BCUT2D eigenvalue weighted by Crippen LogP contribution is 2.23. The van der Waals surface area contributed by atoms with Gasteiger partial charge in [-0.1, -0.05) is 23.8 Å². The minimum absolute atomic E-state index is 0.219. The van der Waals surface area contributed by atoms with Gasteiger partial charge in [-0.2, -0.15) is 5.10 Å². The molecule has 1 aliphatic heterocycles. The van der Waals surface area contributed by atoms with Gasteiger partial charge in [0.15, 0.2) is 0 Å². The number of hydrogen-bond acceptors (Lipinski definition) is 4. The summed E-state index contributed by atoms with van der Waals surface area (Å²) in [5.41, 5.74) is 7.76. The molecule has 1 aromatic rings. The summed E-state index contributed by atoms with van der Waals surface area (Å²) in [5, 5.41) is 5.10. The molecule has 0 amide bonds. The van der Waals surface area contributed by atoms with Crippen molar-refractivity contribution in [2.24, 2.45) is 12.8 Å². The molecule has 0 bridgehead atoms. The first-order chi connectivity index (χ1) is 9.73. The fraction of sp³-hybridized carbons (Fsp3) is 0.714. The van der Waals surface area contributed by atoms with E-state index in [1.165, 1.54) is 0 Å². The number of rotatable bonds is 4. The molecule has 7 heteroatoms. The zero-order valence-corrected chi connectivity index (χ0v) is 14.8. The molecule has 0 aliphatic carbocycles. The Morgan fingerprint density at radius 3 is 2.33 bits per heavy atom. The average molecular weight is 330 g/mol. The third-order valence-corrected chi connectivity index (χ3v) is 5.39. The fourth-order valence-corrected chi connectivity index (χ4v) is 3.06. The number of piperazine rings is 1. The molecule has 0 atom stereocenters.